The molecule has 0 fully saturated rings. The molecule has 1 N–H and O–H groups in total. The monoisotopic (exact) mass is 322 g/mol. The molecule has 0 aliphatic heterocycles. The van der Waals surface area contributed by atoms with Crippen molar-refractivity contribution >= 4 is 37.7 Å². The van der Waals surface area contributed by atoms with E-state index in [1.807, 2.05) is 6.07 Å². The molecule has 0 aromatic carbocycles. The normalized spacial score (nSPS) is 10.2. The molecule has 1 heterocycles. The van der Waals surface area contributed by atoms with Gasteiger partial charge in [-0.05, 0) is 44.3 Å². The van der Waals surface area contributed by atoms with Gasteiger partial charge in [0.1, 0.15) is 5.82 Å². The Kier molecular flexibility index (Phi) is 5.44. The van der Waals surface area contributed by atoms with E-state index in [4.69, 9.17) is 4.74 Å². The quantitative estimate of drug-likeness (QED) is 0.846. The zero-order valence-electron chi connectivity index (χ0n) is 7.89. The van der Waals surface area contributed by atoms with Gasteiger partial charge in [-0.2, -0.15) is 0 Å². The molecule has 0 unspecified atom stereocenters. The number of methoxy groups -OCH3 is 1. The predicted molar refractivity (Wildman–Crippen MR) is 64.6 cm³/mol. The lowest BCUT2D eigenvalue weighted by atomic mass is 10.4. The topological polar surface area (TPSA) is 34.1 Å². The van der Waals surface area contributed by atoms with Crippen LogP contribution in [0.3, 0.4) is 0 Å². The zero-order valence-corrected chi connectivity index (χ0v) is 11.1. The molecule has 1 aromatic rings. The Bertz CT molecular complexity index is 294. The van der Waals surface area contributed by atoms with Gasteiger partial charge in [0.25, 0.3) is 0 Å². The number of pyridine rings is 1. The Morgan fingerprint density at radius 2 is 2.29 bits per heavy atom. The van der Waals surface area contributed by atoms with Crippen LogP contribution in [0.5, 0.6) is 0 Å². The lowest BCUT2D eigenvalue weighted by Crippen LogP contribution is -2.06. The first-order chi connectivity index (χ1) is 6.74. The lowest BCUT2D eigenvalue weighted by Gasteiger charge is -2.06. The molecule has 1 rings (SSSR count). The molecule has 0 atom stereocenters. The first-order valence-electron chi connectivity index (χ1n) is 4.28. The van der Waals surface area contributed by atoms with Crippen LogP contribution >= 0.6 is 31.9 Å². The van der Waals surface area contributed by atoms with Crippen LogP contribution in [-0.2, 0) is 4.74 Å². The Balaban J connectivity index is 2.42. The molecule has 0 spiro atoms. The standard InChI is InChI=1S/C9H12Br2N2O/c1-14-4-2-3-12-9-8(11)5-7(10)6-13-9/h5-6H,2-4H2,1H3,(H,12,13). The highest BCUT2D eigenvalue weighted by Gasteiger charge is 2.00. The second-order valence-corrected chi connectivity index (χ2v) is 4.53. The van der Waals surface area contributed by atoms with Crippen LogP contribution < -0.4 is 5.32 Å². The lowest BCUT2D eigenvalue weighted by molar-refractivity contribution is 0.197. The first kappa shape index (κ1) is 11.9. The molecule has 0 aliphatic rings. The summed E-state index contributed by atoms with van der Waals surface area (Å²) in [6.07, 6.45) is 2.74. The van der Waals surface area contributed by atoms with Crippen LogP contribution in [0.25, 0.3) is 0 Å². The van der Waals surface area contributed by atoms with E-state index >= 15 is 0 Å². The molecular formula is C9H12Br2N2O. The van der Waals surface area contributed by atoms with E-state index in [1.165, 1.54) is 0 Å². The third-order valence-electron chi connectivity index (χ3n) is 1.63. The number of halogens is 2. The molecule has 0 saturated heterocycles. The van der Waals surface area contributed by atoms with E-state index in [9.17, 15) is 0 Å². The first-order valence-corrected chi connectivity index (χ1v) is 5.86. The van der Waals surface area contributed by atoms with Crippen molar-refractivity contribution in [2.24, 2.45) is 0 Å². The van der Waals surface area contributed by atoms with Gasteiger partial charge >= 0.3 is 0 Å². The second-order valence-electron chi connectivity index (χ2n) is 2.76. The molecule has 1 aromatic heterocycles. The van der Waals surface area contributed by atoms with E-state index in [0.29, 0.717) is 0 Å². The maximum Gasteiger partial charge on any atom is 0.140 e. The van der Waals surface area contributed by atoms with E-state index in [-0.39, 0.29) is 0 Å². The fourth-order valence-electron chi connectivity index (χ4n) is 0.968. The maximum atomic E-state index is 4.95. The summed E-state index contributed by atoms with van der Waals surface area (Å²) in [4.78, 5) is 4.23. The molecule has 0 radical (unpaired) electrons. The number of ether oxygens (including phenoxy) is 1. The van der Waals surface area contributed by atoms with Gasteiger partial charge in [0, 0.05) is 30.9 Å². The number of nitrogens with one attached hydrogen (secondary N) is 1. The van der Waals surface area contributed by atoms with Gasteiger partial charge in [-0.15, -0.1) is 0 Å². The van der Waals surface area contributed by atoms with Gasteiger partial charge in [0.15, 0.2) is 0 Å². The van der Waals surface area contributed by atoms with Crippen LogP contribution in [0.4, 0.5) is 5.82 Å². The van der Waals surface area contributed by atoms with E-state index in [1.54, 1.807) is 13.3 Å². The average molecular weight is 324 g/mol. The van der Waals surface area contributed by atoms with Gasteiger partial charge in [-0.25, -0.2) is 4.98 Å². The highest BCUT2D eigenvalue weighted by atomic mass is 79.9. The summed E-state index contributed by atoms with van der Waals surface area (Å²) in [6.45, 7) is 1.63. The molecule has 0 bridgehead atoms. The van der Waals surface area contributed by atoms with Gasteiger partial charge in [0.05, 0.1) is 4.47 Å². The predicted octanol–water partition coefficient (Wildman–Crippen LogP) is 3.06. The summed E-state index contributed by atoms with van der Waals surface area (Å²) in [7, 11) is 1.70. The van der Waals surface area contributed by atoms with Crippen molar-refractivity contribution < 1.29 is 4.74 Å². The number of nitrogens with zero attached hydrogens (tertiary/aromatic N) is 1. The fourth-order valence-corrected chi connectivity index (χ4v) is 2.10. The number of rotatable bonds is 5. The summed E-state index contributed by atoms with van der Waals surface area (Å²) < 4.78 is 6.88. The van der Waals surface area contributed by atoms with Crippen molar-refractivity contribution in [3.05, 3.63) is 21.2 Å². The Labute approximate surface area is 101 Å². The van der Waals surface area contributed by atoms with Gasteiger partial charge in [-0.3, -0.25) is 0 Å². The number of anilines is 1. The van der Waals surface area contributed by atoms with Crippen LogP contribution in [0.2, 0.25) is 0 Å². The van der Waals surface area contributed by atoms with Crippen LogP contribution in [0.1, 0.15) is 6.42 Å². The van der Waals surface area contributed by atoms with Gasteiger partial charge in [-0.1, -0.05) is 0 Å². The summed E-state index contributed by atoms with van der Waals surface area (Å²) >= 11 is 6.78. The molecule has 0 saturated carbocycles. The van der Waals surface area contributed by atoms with Crippen LogP contribution in [0.15, 0.2) is 21.2 Å². The van der Waals surface area contributed by atoms with Crippen molar-refractivity contribution in [3.8, 4) is 0 Å². The second kappa shape index (κ2) is 6.37. The highest BCUT2D eigenvalue weighted by molar-refractivity contribution is 9.11. The Morgan fingerprint density at radius 1 is 1.50 bits per heavy atom. The van der Waals surface area contributed by atoms with E-state index in [2.05, 4.69) is 42.2 Å². The Morgan fingerprint density at radius 3 is 2.93 bits per heavy atom. The average Bonchev–Trinajstić information content (AvgIpc) is 2.15. The van der Waals surface area contributed by atoms with Gasteiger partial charge in [0.2, 0.25) is 0 Å². The number of hydrogen-bond donors (Lipinski definition) is 1. The summed E-state index contributed by atoms with van der Waals surface area (Å²) in [6, 6.07) is 1.96. The number of aromatic nitrogens is 1. The molecule has 78 valence electrons. The largest absolute Gasteiger partial charge is 0.385 e. The van der Waals surface area contributed by atoms with Crippen molar-refractivity contribution in [3.63, 3.8) is 0 Å². The van der Waals surface area contributed by atoms with Crippen molar-refractivity contribution in [2.75, 3.05) is 25.6 Å². The van der Waals surface area contributed by atoms with E-state index in [0.717, 1.165) is 34.3 Å². The van der Waals surface area contributed by atoms with E-state index < -0.39 is 0 Å². The van der Waals surface area contributed by atoms with Crippen molar-refractivity contribution in [2.45, 2.75) is 6.42 Å². The third kappa shape index (κ3) is 3.94. The molecule has 5 heteroatoms. The maximum absolute atomic E-state index is 4.95. The minimum atomic E-state index is 0.765. The molecule has 14 heavy (non-hydrogen) atoms. The number of hydrogen-bond acceptors (Lipinski definition) is 3. The summed E-state index contributed by atoms with van der Waals surface area (Å²) in [5, 5.41) is 3.22. The summed E-state index contributed by atoms with van der Waals surface area (Å²) in [5.41, 5.74) is 0. The minimum absolute atomic E-state index is 0.765. The SMILES string of the molecule is COCCCNc1ncc(Br)cc1Br. The zero-order chi connectivity index (χ0) is 10.4. The minimum Gasteiger partial charge on any atom is -0.385 e. The summed E-state index contributed by atoms with van der Waals surface area (Å²) in [5.74, 6) is 0.865. The smallest absolute Gasteiger partial charge is 0.140 e. The molecule has 3 nitrogen and oxygen atoms in total. The molecular weight excluding hydrogens is 312 g/mol. The van der Waals surface area contributed by atoms with Crippen molar-refractivity contribution in [1.82, 2.24) is 4.98 Å². The molecule has 0 amide bonds. The Hall–Kier alpha value is -0.130. The fraction of sp³-hybridized carbons (Fsp3) is 0.444. The molecule has 0 aliphatic carbocycles. The van der Waals surface area contributed by atoms with Crippen LogP contribution in [-0.4, -0.2) is 25.2 Å². The van der Waals surface area contributed by atoms with Crippen molar-refractivity contribution in [1.29, 1.82) is 0 Å². The van der Waals surface area contributed by atoms with Crippen LogP contribution in [0, 0.1) is 0 Å². The third-order valence-corrected chi connectivity index (χ3v) is 2.66. The van der Waals surface area contributed by atoms with Gasteiger partial charge < -0.3 is 10.1 Å². The highest BCUT2D eigenvalue weighted by Crippen LogP contribution is 2.23.